The molecule has 1 aliphatic rings. The molecule has 1 saturated heterocycles. The van der Waals surface area contributed by atoms with Crippen LogP contribution in [0.5, 0.6) is 0 Å². The molecule has 0 aromatic heterocycles. The van der Waals surface area contributed by atoms with Crippen molar-refractivity contribution in [3.63, 3.8) is 0 Å². The molecule has 0 amide bonds. The van der Waals surface area contributed by atoms with Gasteiger partial charge in [0.25, 0.3) is 0 Å². The van der Waals surface area contributed by atoms with E-state index in [1.807, 2.05) is 24.3 Å². The molecular weight excluding hydrogens is 230 g/mol. The lowest BCUT2D eigenvalue weighted by Crippen LogP contribution is -2.34. The zero-order valence-electron chi connectivity index (χ0n) is 10.5. The highest BCUT2D eigenvalue weighted by Gasteiger charge is 2.23. The molecule has 2 rings (SSSR count). The van der Waals surface area contributed by atoms with Gasteiger partial charge < -0.3 is 21.0 Å². The van der Waals surface area contributed by atoms with E-state index in [1.54, 1.807) is 0 Å². The predicted octanol–water partition coefficient (Wildman–Crippen LogP) is 1.05. The minimum Gasteiger partial charge on any atom is -0.409 e. The van der Waals surface area contributed by atoms with Gasteiger partial charge in [0.2, 0.25) is 0 Å². The average molecular weight is 249 g/mol. The Morgan fingerprint density at radius 3 is 3.00 bits per heavy atom. The van der Waals surface area contributed by atoms with Crippen molar-refractivity contribution in [3.05, 3.63) is 35.4 Å². The molecule has 0 aliphatic carbocycles. The molecular formula is C13H19N3O2. The summed E-state index contributed by atoms with van der Waals surface area (Å²) in [6.07, 6.45) is 1.26. The minimum absolute atomic E-state index is 0.142. The lowest BCUT2D eigenvalue weighted by atomic mass is 10.1. The highest BCUT2D eigenvalue weighted by molar-refractivity contribution is 5.98. The van der Waals surface area contributed by atoms with Crippen LogP contribution < -0.4 is 11.1 Å². The van der Waals surface area contributed by atoms with Gasteiger partial charge in [-0.3, -0.25) is 0 Å². The Morgan fingerprint density at radius 1 is 1.56 bits per heavy atom. The standard InChI is InChI=1S/C13H19N3O2/c1-9-12(6-7-18-9)15-8-10-4-2-3-5-11(10)13(14)16-17/h2-5,9,12,15,17H,6-8H2,1H3,(H2,14,16). The van der Waals surface area contributed by atoms with Crippen molar-refractivity contribution in [1.29, 1.82) is 0 Å². The maximum atomic E-state index is 8.76. The first-order valence-electron chi connectivity index (χ1n) is 6.13. The third-order valence-electron chi connectivity index (χ3n) is 3.33. The maximum Gasteiger partial charge on any atom is 0.170 e. The monoisotopic (exact) mass is 249 g/mol. The highest BCUT2D eigenvalue weighted by Crippen LogP contribution is 2.14. The van der Waals surface area contributed by atoms with Crippen LogP contribution in [0.1, 0.15) is 24.5 Å². The summed E-state index contributed by atoms with van der Waals surface area (Å²) >= 11 is 0. The first-order chi connectivity index (χ1) is 8.72. The molecule has 2 atom stereocenters. The largest absolute Gasteiger partial charge is 0.409 e. The number of hydrogen-bond donors (Lipinski definition) is 3. The number of nitrogens with one attached hydrogen (secondary N) is 1. The summed E-state index contributed by atoms with van der Waals surface area (Å²) in [6, 6.07) is 8.00. The van der Waals surface area contributed by atoms with Crippen LogP contribution in [0.25, 0.3) is 0 Å². The van der Waals surface area contributed by atoms with Gasteiger partial charge in [-0.25, -0.2) is 0 Å². The van der Waals surface area contributed by atoms with Crippen molar-refractivity contribution in [2.75, 3.05) is 6.61 Å². The number of ether oxygens (including phenoxy) is 1. The molecule has 0 saturated carbocycles. The number of hydrogen-bond acceptors (Lipinski definition) is 4. The fourth-order valence-corrected chi connectivity index (χ4v) is 2.22. The second-order valence-electron chi connectivity index (χ2n) is 4.49. The number of nitrogens with two attached hydrogens (primary N) is 1. The topological polar surface area (TPSA) is 79.9 Å². The molecule has 5 nitrogen and oxygen atoms in total. The Morgan fingerprint density at radius 2 is 2.33 bits per heavy atom. The second kappa shape index (κ2) is 5.84. The summed E-state index contributed by atoms with van der Waals surface area (Å²) in [6.45, 7) is 3.56. The van der Waals surface area contributed by atoms with Crippen LogP contribution in [0.4, 0.5) is 0 Å². The van der Waals surface area contributed by atoms with Gasteiger partial charge in [0.1, 0.15) is 0 Å². The van der Waals surface area contributed by atoms with Gasteiger partial charge in [-0.15, -0.1) is 0 Å². The number of benzene rings is 1. The molecule has 2 unspecified atom stereocenters. The molecule has 0 radical (unpaired) electrons. The van der Waals surface area contributed by atoms with Gasteiger partial charge in [-0.05, 0) is 18.9 Å². The highest BCUT2D eigenvalue weighted by atomic mass is 16.5. The lowest BCUT2D eigenvalue weighted by molar-refractivity contribution is 0.113. The Bertz CT molecular complexity index is 434. The molecule has 0 bridgehead atoms. The third-order valence-corrected chi connectivity index (χ3v) is 3.33. The normalized spacial score (nSPS) is 24.4. The predicted molar refractivity (Wildman–Crippen MR) is 69.6 cm³/mol. The average Bonchev–Trinajstić information content (AvgIpc) is 2.81. The van der Waals surface area contributed by atoms with E-state index in [-0.39, 0.29) is 11.9 Å². The van der Waals surface area contributed by atoms with Crippen molar-refractivity contribution in [2.45, 2.75) is 32.0 Å². The van der Waals surface area contributed by atoms with E-state index in [4.69, 9.17) is 15.7 Å². The Kier molecular flexibility index (Phi) is 4.17. The van der Waals surface area contributed by atoms with E-state index in [0.29, 0.717) is 12.6 Å². The first-order valence-corrected chi connectivity index (χ1v) is 6.13. The summed E-state index contributed by atoms with van der Waals surface area (Å²) in [4.78, 5) is 0. The van der Waals surface area contributed by atoms with Crippen molar-refractivity contribution >= 4 is 5.84 Å². The van der Waals surface area contributed by atoms with E-state index in [0.717, 1.165) is 24.2 Å². The van der Waals surface area contributed by atoms with Gasteiger partial charge in [0.15, 0.2) is 5.84 Å². The van der Waals surface area contributed by atoms with E-state index in [2.05, 4.69) is 17.4 Å². The van der Waals surface area contributed by atoms with Gasteiger partial charge >= 0.3 is 0 Å². The quantitative estimate of drug-likeness (QED) is 0.322. The smallest absolute Gasteiger partial charge is 0.170 e. The molecule has 0 spiro atoms. The van der Waals surface area contributed by atoms with Crippen LogP contribution in [0.15, 0.2) is 29.4 Å². The van der Waals surface area contributed by atoms with Crippen LogP contribution in [0, 0.1) is 0 Å². The molecule has 1 aromatic carbocycles. The molecule has 1 aliphatic heterocycles. The van der Waals surface area contributed by atoms with Gasteiger partial charge in [0.05, 0.1) is 6.10 Å². The Labute approximate surface area is 107 Å². The molecule has 1 aromatic rings. The zero-order valence-corrected chi connectivity index (χ0v) is 10.5. The molecule has 1 fully saturated rings. The first kappa shape index (κ1) is 12.9. The van der Waals surface area contributed by atoms with Crippen LogP contribution in [-0.4, -0.2) is 29.8 Å². The van der Waals surface area contributed by atoms with Crippen molar-refractivity contribution < 1.29 is 9.94 Å². The molecule has 4 N–H and O–H groups in total. The van der Waals surface area contributed by atoms with E-state index in [9.17, 15) is 0 Å². The van der Waals surface area contributed by atoms with Crippen molar-refractivity contribution in [1.82, 2.24) is 5.32 Å². The fraction of sp³-hybridized carbons (Fsp3) is 0.462. The Hall–Kier alpha value is -1.59. The van der Waals surface area contributed by atoms with Gasteiger partial charge in [0, 0.05) is 24.8 Å². The third kappa shape index (κ3) is 2.80. The zero-order chi connectivity index (χ0) is 13.0. The lowest BCUT2D eigenvalue weighted by Gasteiger charge is -2.17. The van der Waals surface area contributed by atoms with Gasteiger partial charge in [-0.1, -0.05) is 29.4 Å². The van der Waals surface area contributed by atoms with Crippen LogP contribution >= 0.6 is 0 Å². The number of rotatable bonds is 4. The molecule has 18 heavy (non-hydrogen) atoms. The second-order valence-corrected chi connectivity index (χ2v) is 4.49. The van der Waals surface area contributed by atoms with E-state index in [1.165, 1.54) is 0 Å². The van der Waals surface area contributed by atoms with Gasteiger partial charge in [-0.2, -0.15) is 0 Å². The summed E-state index contributed by atoms with van der Waals surface area (Å²) < 4.78 is 5.50. The fourth-order valence-electron chi connectivity index (χ4n) is 2.22. The molecule has 98 valence electrons. The Balaban J connectivity index is 2.05. The molecule has 1 heterocycles. The summed E-state index contributed by atoms with van der Waals surface area (Å²) in [5.74, 6) is 0.142. The SMILES string of the molecule is CC1OCCC1NCc1ccccc1/C(N)=N/O. The number of amidine groups is 1. The van der Waals surface area contributed by atoms with Crippen LogP contribution in [-0.2, 0) is 11.3 Å². The van der Waals surface area contributed by atoms with Crippen molar-refractivity contribution in [3.8, 4) is 0 Å². The van der Waals surface area contributed by atoms with E-state index >= 15 is 0 Å². The summed E-state index contributed by atoms with van der Waals surface area (Å²) in [5.41, 5.74) is 7.44. The van der Waals surface area contributed by atoms with E-state index < -0.39 is 0 Å². The van der Waals surface area contributed by atoms with Crippen molar-refractivity contribution in [2.24, 2.45) is 10.9 Å². The minimum atomic E-state index is 0.142. The van der Waals surface area contributed by atoms with Crippen LogP contribution in [0.3, 0.4) is 0 Å². The summed E-state index contributed by atoms with van der Waals surface area (Å²) in [5, 5.41) is 15.3. The summed E-state index contributed by atoms with van der Waals surface area (Å²) in [7, 11) is 0. The number of nitrogens with zero attached hydrogens (tertiary/aromatic N) is 1. The number of oxime groups is 1. The maximum absolute atomic E-state index is 8.76. The molecule has 5 heteroatoms. The van der Waals surface area contributed by atoms with Crippen LogP contribution in [0.2, 0.25) is 0 Å².